The molecule has 2 fully saturated rings. The minimum Gasteiger partial charge on any atom is -0.381 e. The molecule has 2 aliphatic rings. The van der Waals surface area contributed by atoms with Crippen molar-refractivity contribution >= 4 is 0 Å². The van der Waals surface area contributed by atoms with Crippen LogP contribution in [0.15, 0.2) is 0 Å². The molecule has 0 bridgehead atoms. The minimum absolute atomic E-state index is 0.549. The summed E-state index contributed by atoms with van der Waals surface area (Å²) in [6, 6.07) is 0.704. The molecule has 0 aromatic heterocycles. The number of rotatable bonds is 2. The molecule has 0 aliphatic carbocycles. The molecule has 1 unspecified atom stereocenters. The van der Waals surface area contributed by atoms with Gasteiger partial charge in [-0.25, -0.2) is 0 Å². The normalized spacial score (nSPS) is 32.6. The Labute approximate surface area is 86.6 Å². The average molecular weight is 198 g/mol. The zero-order valence-electron chi connectivity index (χ0n) is 9.17. The lowest BCUT2D eigenvalue weighted by molar-refractivity contribution is -0.000337. The van der Waals surface area contributed by atoms with E-state index in [4.69, 9.17) is 10.5 Å². The van der Waals surface area contributed by atoms with E-state index in [0.29, 0.717) is 11.5 Å². The summed E-state index contributed by atoms with van der Waals surface area (Å²) in [7, 11) is 0. The summed E-state index contributed by atoms with van der Waals surface area (Å²) in [6.45, 7) is 7.37. The number of hydrogen-bond donors (Lipinski definition) is 1. The Bertz CT molecular complexity index is 190. The number of hydrogen-bond acceptors (Lipinski definition) is 3. The SMILES string of the molecule is CC1N(CCN)CCC12CCOCC2. The Morgan fingerprint density at radius 3 is 2.71 bits per heavy atom. The van der Waals surface area contributed by atoms with E-state index in [1.807, 2.05) is 0 Å². The van der Waals surface area contributed by atoms with Crippen molar-refractivity contribution in [1.29, 1.82) is 0 Å². The van der Waals surface area contributed by atoms with Crippen LogP contribution in [0.4, 0.5) is 0 Å². The van der Waals surface area contributed by atoms with E-state index in [9.17, 15) is 0 Å². The monoisotopic (exact) mass is 198 g/mol. The third kappa shape index (κ3) is 1.69. The summed E-state index contributed by atoms with van der Waals surface area (Å²) < 4.78 is 5.46. The largest absolute Gasteiger partial charge is 0.381 e. The molecule has 3 heteroatoms. The molecule has 0 amide bonds. The van der Waals surface area contributed by atoms with Crippen LogP contribution in [0.3, 0.4) is 0 Å². The van der Waals surface area contributed by atoms with E-state index >= 15 is 0 Å². The van der Waals surface area contributed by atoms with Gasteiger partial charge in [0.2, 0.25) is 0 Å². The van der Waals surface area contributed by atoms with Gasteiger partial charge in [0, 0.05) is 32.3 Å². The lowest BCUT2D eigenvalue weighted by Crippen LogP contribution is -2.42. The summed E-state index contributed by atoms with van der Waals surface area (Å²) in [5.74, 6) is 0. The van der Waals surface area contributed by atoms with Gasteiger partial charge >= 0.3 is 0 Å². The fraction of sp³-hybridized carbons (Fsp3) is 1.00. The Morgan fingerprint density at radius 2 is 2.07 bits per heavy atom. The van der Waals surface area contributed by atoms with Gasteiger partial charge in [-0.05, 0) is 38.1 Å². The Hall–Kier alpha value is -0.120. The molecule has 0 radical (unpaired) electrons. The highest BCUT2D eigenvalue weighted by Gasteiger charge is 2.44. The topological polar surface area (TPSA) is 38.5 Å². The predicted octanol–water partition coefficient (Wildman–Crippen LogP) is 0.836. The molecule has 2 rings (SSSR count). The van der Waals surface area contributed by atoms with Crippen molar-refractivity contribution in [2.75, 3.05) is 32.8 Å². The van der Waals surface area contributed by atoms with Gasteiger partial charge in [0.05, 0.1) is 0 Å². The Balaban J connectivity index is 2.00. The van der Waals surface area contributed by atoms with Crippen LogP contribution in [0, 0.1) is 5.41 Å². The lowest BCUT2D eigenvalue weighted by atomic mass is 9.74. The quantitative estimate of drug-likeness (QED) is 0.714. The van der Waals surface area contributed by atoms with Crippen molar-refractivity contribution in [2.45, 2.75) is 32.2 Å². The molecule has 2 N–H and O–H groups in total. The second-order valence-corrected chi connectivity index (χ2v) is 4.73. The Morgan fingerprint density at radius 1 is 1.36 bits per heavy atom. The smallest absolute Gasteiger partial charge is 0.0471 e. The average Bonchev–Trinajstić information content (AvgIpc) is 2.50. The summed E-state index contributed by atoms with van der Waals surface area (Å²) >= 11 is 0. The van der Waals surface area contributed by atoms with E-state index in [1.54, 1.807) is 0 Å². The van der Waals surface area contributed by atoms with E-state index in [1.165, 1.54) is 25.8 Å². The van der Waals surface area contributed by atoms with Crippen molar-refractivity contribution in [1.82, 2.24) is 4.90 Å². The summed E-state index contributed by atoms with van der Waals surface area (Å²) in [6.07, 6.45) is 3.84. The van der Waals surface area contributed by atoms with Crippen molar-refractivity contribution in [3.05, 3.63) is 0 Å². The third-order valence-corrected chi connectivity index (χ3v) is 4.24. The standard InChI is InChI=1S/C11H22N2O/c1-10-11(3-8-14-9-4-11)2-6-13(10)7-5-12/h10H,2-9,12H2,1H3. The van der Waals surface area contributed by atoms with E-state index < -0.39 is 0 Å². The van der Waals surface area contributed by atoms with Crippen LogP contribution in [-0.2, 0) is 4.74 Å². The van der Waals surface area contributed by atoms with Crippen LogP contribution < -0.4 is 5.73 Å². The van der Waals surface area contributed by atoms with Gasteiger partial charge in [-0.3, -0.25) is 4.90 Å². The fourth-order valence-corrected chi connectivity index (χ4v) is 3.07. The zero-order chi connectivity index (χ0) is 10.0. The van der Waals surface area contributed by atoms with E-state index in [2.05, 4.69) is 11.8 Å². The molecule has 0 aromatic carbocycles. The second kappa shape index (κ2) is 4.17. The van der Waals surface area contributed by atoms with Gasteiger partial charge < -0.3 is 10.5 Å². The number of nitrogens with zero attached hydrogens (tertiary/aromatic N) is 1. The number of nitrogens with two attached hydrogens (primary N) is 1. The molecular formula is C11H22N2O. The maximum atomic E-state index is 5.62. The highest BCUT2D eigenvalue weighted by atomic mass is 16.5. The Kier molecular flexibility index (Phi) is 3.10. The molecule has 2 aliphatic heterocycles. The molecule has 1 atom stereocenters. The highest BCUT2D eigenvalue weighted by molar-refractivity contribution is 4.97. The summed E-state index contributed by atoms with van der Waals surface area (Å²) in [4.78, 5) is 2.55. The molecule has 2 saturated heterocycles. The molecule has 0 saturated carbocycles. The highest BCUT2D eigenvalue weighted by Crippen LogP contribution is 2.44. The first-order valence-corrected chi connectivity index (χ1v) is 5.80. The van der Waals surface area contributed by atoms with Gasteiger partial charge in [0.1, 0.15) is 0 Å². The van der Waals surface area contributed by atoms with Crippen molar-refractivity contribution in [3.8, 4) is 0 Å². The summed E-state index contributed by atoms with van der Waals surface area (Å²) in [5, 5.41) is 0. The molecule has 2 heterocycles. The van der Waals surface area contributed by atoms with Crippen LogP contribution >= 0.6 is 0 Å². The first kappa shape index (κ1) is 10.4. The first-order chi connectivity index (χ1) is 6.78. The van der Waals surface area contributed by atoms with Gasteiger partial charge in [0.15, 0.2) is 0 Å². The molecule has 82 valence electrons. The van der Waals surface area contributed by atoms with E-state index in [0.717, 1.165) is 26.3 Å². The lowest BCUT2D eigenvalue weighted by Gasteiger charge is -2.39. The molecule has 3 nitrogen and oxygen atoms in total. The molecular weight excluding hydrogens is 176 g/mol. The van der Waals surface area contributed by atoms with Gasteiger partial charge in [-0.2, -0.15) is 0 Å². The van der Waals surface area contributed by atoms with Crippen LogP contribution in [0.5, 0.6) is 0 Å². The molecule has 14 heavy (non-hydrogen) atoms. The van der Waals surface area contributed by atoms with Crippen LogP contribution in [-0.4, -0.2) is 43.8 Å². The zero-order valence-corrected chi connectivity index (χ0v) is 9.17. The summed E-state index contributed by atoms with van der Waals surface area (Å²) in [5.41, 5.74) is 6.17. The minimum atomic E-state index is 0.549. The number of ether oxygens (including phenoxy) is 1. The second-order valence-electron chi connectivity index (χ2n) is 4.73. The predicted molar refractivity (Wildman–Crippen MR) is 57.2 cm³/mol. The van der Waals surface area contributed by atoms with Crippen molar-refractivity contribution in [2.24, 2.45) is 11.1 Å². The maximum Gasteiger partial charge on any atom is 0.0471 e. The van der Waals surface area contributed by atoms with Gasteiger partial charge in [-0.15, -0.1) is 0 Å². The van der Waals surface area contributed by atoms with Gasteiger partial charge in [-0.1, -0.05) is 0 Å². The van der Waals surface area contributed by atoms with Crippen molar-refractivity contribution < 1.29 is 4.74 Å². The number of likely N-dealkylation sites (tertiary alicyclic amines) is 1. The van der Waals surface area contributed by atoms with Crippen molar-refractivity contribution in [3.63, 3.8) is 0 Å². The van der Waals surface area contributed by atoms with Crippen LogP contribution in [0.25, 0.3) is 0 Å². The molecule has 1 spiro atoms. The third-order valence-electron chi connectivity index (χ3n) is 4.24. The van der Waals surface area contributed by atoms with E-state index in [-0.39, 0.29) is 0 Å². The first-order valence-electron chi connectivity index (χ1n) is 5.80. The molecule has 0 aromatic rings. The van der Waals surface area contributed by atoms with Gasteiger partial charge in [0.25, 0.3) is 0 Å². The fourth-order valence-electron chi connectivity index (χ4n) is 3.07. The van der Waals surface area contributed by atoms with Crippen LogP contribution in [0.2, 0.25) is 0 Å². The van der Waals surface area contributed by atoms with Crippen LogP contribution in [0.1, 0.15) is 26.2 Å². The maximum absolute atomic E-state index is 5.62.